The third-order valence-electron chi connectivity index (χ3n) is 3.26. The summed E-state index contributed by atoms with van der Waals surface area (Å²) in [6.45, 7) is 0.811. The lowest BCUT2D eigenvalue weighted by atomic mass is 10.3. The number of benzene rings is 2. The Morgan fingerprint density at radius 1 is 1.11 bits per heavy atom. The fourth-order valence-electron chi connectivity index (χ4n) is 1.93. The number of hydrogen-bond donors (Lipinski definition) is 2. The molecule has 0 aromatic heterocycles. The quantitative estimate of drug-likeness (QED) is 0.560. The van der Waals surface area contributed by atoms with Crippen molar-refractivity contribution in [1.82, 2.24) is 10.9 Å². The first-order chi connectivity index (χ1) is 12.9. The van der Waals surface area contributed by atoms with Crippen molar-refractivity contribution in [2.45, 2.75) is 13.0 Å². The highest BCUT2D eigenvalue weighted by Crippen LogP contribution is 2.25. The van der Waals surface area contributed by atoms with Gasteiger partial charge in [0.25, 0.3) is 11.8 Å². The minimum absolute atomic E-state index is 0.0831. The molecule has 1 atom stereocenters. The Hall–Kier alpha value is -3.69. The molecule has 0 aliphatic carbocycles. The van der Waals surface area contributed by atoms with Crippen LogP contribution in [0, 0.1) is 15.9 Å². The molecule has 0 unspecified atom stereocenters. The molecule has 0 radical (unpaired) electrons. The van der Waals surface area contributed by atoms with Gasteiger partial charge in [0.2, 0.25) is 0 Å². The molecule has 0 heterocycles. The monoisotopic (exact) mass is 377 g/mol. The first kappa shape index (κ1) is 19.6. The Labute approximate surface area is 153 Å². The van der Waals surface area contributed by atoms with Gasteiger partial charge in [-0.05, 0) is 25.1 Å². The minimum atomic E-state index is -1.08. The highest BCUT2D eigenvalue weighted by Gasteiger charge is 2.18. The lowest BCUT2D eigenvalue weighted by Gasteiger charge is -2.15. The summed E-state index contributed by atoms with van der Waals surface area (Å²) in [5.41, 5.74) is 3.88. The number of nitrogens with zero attached hydrogens (tertiary/aromatic N) is 1. The van der Waals surface area contributed by atoms with Crippen LogP contribution in [0.25, 0.3) is 0 Å². The van der Waals surface area contributed by atoms with Crippen molar-refractivity contribution < 1.29 is 28.4 Å². The molecule has 0 aliphatic heterocycles. The Kier molecular flexibility index (Phi) is 6.64. The molecule has 0 fully saturated rings. The van der Waals surface area contributed by atoms with Crippen LogP contribution in [0.5, 0.6) is 11.5 Å². The van der Waals surface area contributed by atoms with Gasteiger partial charge in [0.15, 0.2) is 30.0 Å². The molecule has 2 N–H and O–H groups in total. The highest BCUT2D eigenvalue weighted by molar-refractivity contribution is 5.85. The van der Waals surface area contributed by atoms with Crippen molar-refractivity contribution in [1.29, 1.82) is 0 Å². The van der Waals surface area contributed by atoms with E-state index in [1.807, 2.05) is 0 Å². The van der Waals surface area contributed by atoms with Gasteiger partial charge in [0.05, 0.1) is 4.92 Å². The molecule has 0 aliphatic rings. The zero-order chi connectivity index (χ0) is 19.8. The first-order valence-corrected chi connectivity index (χ1v) is 7.74. The number of amides is 2. The van der Waals surface area contributed by atoms with Crippen molar-refractivity contribution in [3.8, 4) is 11.5 Å². The number of hydrogen-bond acceptors (Lipinski definition) is 6. The predicted octanol–water partition coefficient (Wildman–Crippen LogP) is 1.73. The average Bonchev–Trinajstić information content (AvgIpc) is 2.66. The number of nitrogens with one attached hydrogen (secondary N) is 2. The number of rotatable bonds is 7. The number of carbonyl (C=O) groups is 2. The molecule has 142 valence electrons. The molecule has 2 aromatic carbocycles. The number of nitro groups is 1. The second-order valence-corrected chi connectivity index (χ2v) is 5.24. The SMILES string of the molecule is C[C@@H](Oc1ccccc1F)C(=O)NNC(=O)COc1ccccc1[N+](=O)[O-]. The third-order valence-corrected chi connectivity index (χ3v) is 3.26. The molecule has 10 heteroatoms. The van der Waals surface area contributed by atoms with E-state index in [1.165, 1.54) is 49.4 Å². The fraction of sp³-hybridized carbons (Fsp3) is 0.176. The van der Waals surface area contributed by atoms with Crippen LogP contribution in [0.4, 0.5) is 10.1 Å². The second kappa shape index (κ2) is 9.13. The van der Waals surface area contributed by atoms with E-state index < -0.39 is 35.3 Å². The van der Waals surface area contributed by atoms with Crippen LogP contribution >= 0.6 is 0 Å². The van der Waals surface area contributed by atoms with Crippen LogP contribution in [0.2, 0.25) is 0 Å². The molecule has 9 nitrogen and oxygen atoms in total. The summed E-state index contributed by atoms with van der Waals surface area (Å²) in [6.07, 6.45) is -1.08. The number of hydrazine groups is 1. The molecule has 27 heavy (non-hydrogen) atoms. The van der Waals surface area contributed by atoms with E-state index in [4.69, 9.17) is 9.47 Å². The van der Waals surface area contributed by atoms with Crippen LogP contribution in [0.3, 0.4) is 0 Å². The molecule has 0 spiro atoms. The van der Waals surface area contributed by atoms with Gasteiger partial charge in [0, 0.05) is 6.07 Å². The lowest BCUT2D eigenvalue weighted by Crippen LogP contribution is -2.48. The van der Waals surface area contributed by atoms with E-state index in [0.29, 0.717) is 0 Å². The zero-order valence-electron chi connectivity index (χ0n) is 14.2. The first-order valence-electron chi connectivity index (χ1n) is 7.74. The van der Waals surface area contributed by atoms with E-state index >= 15 is 0 Å². The van der Waals surface area contributed by atoms with Gasteiger partial charge in [0.1, 0.15) is 0 Å². The van der Waals surface area contributed by atoms with Gasteiger partial charge in [-0.2, -0.15) is 0 Å². The summed E-state index contributed by atoms with van der Waals surface area (Å²) in [4.78, 5) is 33.8. The lowest BCUT2D eigenvalue weighted by molar-refractivity contribution is -0.385. The van der Waals surface area contributed by atoms with Crippen LogP contribution < -0.4 is 20.3 Å². The van der Waals surface area contributed by atoms with Gasteiger partial charge in [-0.25, -0.2) is 4.39 Å². The van der Waals surface area contributed by atoms with Gasteiger partial charge in [-0.1, -0.05) is 24.3 Å². The maximum Gasteiger partial charge on any atom is 0.310 e. The highest BCUT2D eigenvalue weighted by atomic mass is 19.1. The van der Waals surface area contributed by atoms with Crippen molar-refractivity contribution in [2.75, 3.05) is 6.61 Å². The number of halogens is 1. The maximum absolute atomic E-state index is 13.5. The van der Waals surface area contributed by atoms with Gasteiger partial charge >= 0.3 is 5.69 Å². The summed E-state index contributed by atoms with van der Waals surface area (Å²) < 4.78 is 23.7. The van der Waals surface area contributed by atoms with Crippen LogP contribution in [-0.2, 0) is 9.59 Å². The van der Waals surface area contributed by atoms with Crippen molar-refractivity contribution in [3.63, 3.8) is 0 Å². The molecule has 0 saturated heterocycles. The Morgan fingerprint density at radius 2 is 1.74 bits per heavy atom. The summed E-state index contributed by atoms with van der Waals surface area (Å²) in [5.74, 6) is -2.29. The number of ether oxygens (including phenoxy) is 2. The van der Waals surface area contributed by atoms with Crippen LogP contribution in [0.15, 0.2) is 48.5 Å². The summed E-state index contributed by atoms with van der Waals surface area (Å²) >= 11 is 0. The smallest absolute Gasteiger partial charge is 0.310 e. The number of carbonyl (C=O) groups excluding carboxylic acids is 2. The normalized spacial score (nSPS) is 11.2. The Morgan fingerprint density at radius 3 is 2.41 bits per heavy atom. The van der Waals surface area contributed by atoms with Crippen molar-refractivity contribution in [3.05, 3.63) is 64.5 Å². The molecule has 2 aromatic rings. The van der Waals surface area contributed by atoms with E-state index in [-0.39, 0.29) is 17.2 Å². The summed E-state index contributed by atoms with van der Waals surface area (Å²) in [7, 11) is 0. The molecule has 0 bridgehead atoms. The summed E-state index contributed by atoms with van der Waals surface area (Å²) in [6, 6.07) is 11.1. The Balaban J connectivity index is 1.80. The van der Waals surface area contributed by atoms with E-state index in [2.05, 4.69) is 10.9 Å². The van der Waals surface area contributed by atoms with Gasteiger partial charge in [-0.15, -0.1) is 0 Å². The molecule has 0 saturated carbocycles. The van der Waals surface area contributed by atoms with Crippen molar-refractivity contribution >= 4 is 17.5 Å². The average molecular weight is 377 g/mol. The van der Waals surface area contributed by atoms with Crippen molar-refractivity contribution in [2.24, 2.45) is 0 Å². The largest absolute Gasteiger partial charge is 0.478 e. The van der Waals surface area contributed by atoms with E-state index in [1.54, 1.807) is 6.07 Å². The minimum Gasteiger partial charge on any atom is -0.478 e. The number of nitro benzene ring substituents is 1. The topological polar surface area (TPSA) is 120 Å². The second-order valence-electron chi connectivity index (χ2n) is 5.24. The molecular weight excluding hydrogens is 361 g/mol. The van der Waals surface area contributed by atoms with E-state index in [0.717, 1.165) is 0 Å². The maximum atomic E-state index is 13.5. The molecular formula is C17H16FN3O6. The standard InChI is InChI=1S/C17H16FN3O6/c1-11(27-14-8-4-2-6-12(14)18)17(23)20-19-16(22)10-26-15-9-5-3-7-13(15)21(24)25/h2-9,11H,10H2,1H3,(H,19,22)(H,20,23)/t11-/m1/s1. The molecule has 2 rings (SSSR count). The zero-order valence-corrected chi connectivity index (χ0v) is 14.2. The van der Waals surface area contributed by atoms with Crippen LogP contribution in [-0.4, -0.2) is 29.4 Å². The van der Waals surface area contributed by atoms with Crippen LogP contribution in [0.1, 0.15) is 6.92 Å². The van der Waals surface area contributed by atoms with Gasteiger partial charge < -0.3 is 9.47 Å². The summed E-state index contributed by atoms with van der Waals surface area (Å²) in [5, 5.41) is 10.9. The predicted molar refractivity (Wildman–Crippen MR) is 91.4 cm³/mol. The fourth-order valence-corrected chi connectivity index (χ4v) is 1.93. The third kappa shape index (κ3) is 5.66. The Bertz CT molecular complexity index is 845. The van der Waals surface area contributed by atoms with E-state index in [9.17, 15) is 24.1 Å². The number of para-hydroxylation sites is 3. The van der Waals surface area contributed by atoms with Gasteiger partial charge in [-0.3, -0.25) is 30.6 Å². The molecule has 2 amide bonds.